The van der Waals surface area contributed by atoms with E-state index in [9.17, 15) is 9.59 Å². The number of nitrogens with one attached hydrogen (secondary N) is 1. The molecule has 7 heteroatoms. The Morgan fingerprint density at radius 2 is 2.05 bits per heavy atom. The third-order valence-corrected chi connectivity index (χ3v) is 4.50. The molecule has 1 saturated heterocycles. The minimum absolute atomic E-state index is 0.126. The number of thiophene rings is 1. The molecule has 1 aromatic heterocycles. The van der Waals surface area contributed by atoms with Gasteiger partial charge in [-0.2, -0.15) is 0 Å². The zero-order chi connectivity index (χ0) is 14.7. The van der Waals surface area contributed by atoms with Gasteiger partial charge in [0.05, 0.1) is 17.2 Å². The largest absolute Gasteiger partial charge is 0.462 e. The van der Waals surface area contributed by atoms with E-state index in [0.717, 1.165) is 31.2 Å². The Bertz CT molecular complexity index is 521. The number of carbonyl (C=O) groups excluding carboxylic acids is 2. The van der Waals surface area contributed by atoms with Crippen LogP contribution in [-0.2, 0) is 4.74 Å². The van der Waals surface area contributed by atoms with E-state index >= 15 is 0 Å². The first-order valence-electron chi connectivity index (χ1n) is 6.62. The second-order valence-electron chi connectivity index (χ2n) is 4.54. The molecule has 6 nitrogen and oxygen atoms in total. The average molecular weight is 297 g/mol. The number of rotatable bonds is 4. The summed E-state index contributed by atoms with van der Waals surface area (Å²) in [6.45, 7) is 6.73. The number of hydrogen-bond donors (Lipinski definition) is 2. The minimum Gasteiger partial charge on any atom is -0.462 e. The van der Waals surface area contributed by atoms with Gasteiger partial charge in [-0.25, -0.2) is 4.79 Å². The van der Waals surface area contributed by atoms with Gasteiger partial charge in [-0.1, -0.05) is 0 Å². The molecule has 3 N–H and O–H groups in total. The molecule has 110 valence electrons. The Balaban J connectivity index is 2.44. The number of Topliss-reactive ketones (excluding diaryl/α,β-unsaturated/α-hetero) is 1. The molecule has 2 rings (SSSR count). The van der Waals surface area contributed by atoms with Crippen molar-refractivity contribution in [2.75, 3.05) is 43.4 Å². The predicted molar refractivity (Wildman–Crippen MR) is 79.8 cm³/mol. The number of carbonyl (C=O) groups is 2. The van der Waals surface area contributed by atoms with E-state index in [1.54, 1.807) is 6.92 Å². The fourth-order valence-corrected chi connectivity index (χ4v) is 3.34. The summed E-state index contributed by atoms with van der Waals surface area (Å²) in [4.78, 5) is 26.3. The lowest BCUT2D eigenvalue weighted by Gasteiger charge is -2.28. The normalized spacial score (nSPS) is 15.2. The number of ether oxygens (including phenoxy) is 1. The van der Waals surface area contributed by atoms with Gasteiger partial charge in [0, 0.05) is 33.1 Å². The molecular weight excluding hydrogens is 278 g/mol. The maximum atomic E-state index is 12.1. The fourth-order valence-electron chi connectivity index (χ4n) is 2.18. The van der Waals surface area contributed by atoms with Gasteiger partial charge in [0.15, 0.2) is 5.78 Å². The van der Waals surface area contributed by atoms with E-state index in [1.807, 2.05) is 0 Å². The van der Waals surface area contributed by atoms with Crippen LogP contribution in [0.25, 0.3) is 0 Å². The third-order valence-electron chi connectivity index (χ3n) is 3.13. The Kier molecular flexibility index (Phi) is 4.61. The number of esters is 1. The molecule has 0 saturated carbocycles. The zero-order valence-corrected chi connectivity index (χ0v) is 12.5. The van der Waals surface area contributed by atoms with Crippen molar-refractivity contribution in [2.24, 2.45) is 0 Å². The molecule has 0 spiro atoms. The highest BCUT2D eigenvalue weighted by Gasteiger charge is 2.28. The number of nitrogens with two attached hydrogens (primary N) is 1. The van der Waals surface area contributed by atoms with E-state index in [0.29, 0.717) is 10.4 Å². The summed E-state index contributed by atoms with van der Waals surface area (Å²) in [5, 5.41) is 3.99. The summed E-state index contributed by atoms with van der Waals surface area (Å²) in [7, 11) is 0. The lowest BCUT2D eigenvalue weighted by molar-refractivity contribution is 0.0529. The van der Waals surface area contributed by atoms with Crippen LogP contribution in [0, 0.1) is 0 Å². The van der Waals surface area contributed by atoms with E-state index in [1.165, 1.54) is 18.3 Å². The summed E-state index contributed by atoms with van der Waals surface area (Å²) in [5.41, 5.74) is 6.57. The summed E-state index contributed by atoms with van der Waals surface area (Å²) in [5.74, 6) is -0.582. The molecule has 2 heterocycles. The second-order valence-corrected chi connectivity index (χ2v) is 5.54. The van der Waals surface area contributed by atoms with E-state index in [-0.39, 0.29) is 18.1 Å². The predicted octanol–water partition coefficient (Wildman–Crippen LogP) is 1.12. The molecule has 0 aromatic carbocycles. The van der Waals surface area contributed by atoms with Gasteiger partial charge >= 0.3 is 5.97 Å². The molecule has 1 aliphatic rings. The fraction of sp³-hybridized carbons (Fsp3) is 0.538. The zero-order valence-electron chi connectivity index (χ0n) is 11.7. The van der Waals surface area contributed by atoms with Gasteiger partial charge in [-0.3, -0.25) is 4.79 Å². The number of ketones is 1. The highest BCUT2D eigenvalue weighted by Crippen LogP contribution is 2.39. The van der Waals surface area contributed by atoms with Crippen LogP contribution in [0.4, 0.5) is 10.7 Å². The van der Waals surface area contributed by atoms with Gasteiger partial charge in [0.25, 0.3) is 0 Å². The molecule has 0 unspecified atom stereocenters. The first kappa shape index (κ1) is 14.8. The topological polar surface area (TPSA) is 84.7 Å². The summed E-state index contributed by atoms with van der Waals surface area (Å²) >= 11 is 1.28. The van der Waals surface area contributed by atoms with Crippen LogP contribution < -0.4 is 16.0 Å². The van der Waals surface area contributed by atoms with Crippen molar-refractivity contribution in [3.05, 3.63) is 10.4 Å². The van der Waals surface area contributed by atoms with Crippen LogP contribution >= 0.6 is 11.3 Å². The molecule has 1 aliphatic heterocycles. The van der Waals surface area contributed by atoms with E-state index in [2.05, 4.69) is 10.2 Å². The molecule has 0 amide bonds. The minimum atomic E-state index is -0.456. The quantitative estimate of drug-likeness (QED) is 0.640. The Hall–Kier alpha value is -1.60. The Morgan fingerprint density at radius 1 is 1.40 bits per heavy atom. The summed E-state index contributed by atoms with van der Waals surface area (Å²) < 4.78 is 5.07. The number of piperazine rings is 1. The second kappa shape index (κ2) is 6.23. The molecule has 1 aromatic rings. The van der Waals surface area contributed by atoms with Crippen LogP contribution in [0.1, 0.15) is 33.9 Å². The van der Waals surface area contributed by atoms with Crippen LogP contribution in [0.2, 0.25) is 0 Å². The molecule has 20 heavy (non-hydrogen) atoms. The van der Waals surface area contributed by atoms with Gasteiger partial charge in [0.1, 0.15) is 10.6 Å². The average Bonchev–Trinajstić information content (AvgIpc) is 2.78. The van der Waals surface area contributed by atoms with Crippen molar-refractivity contribution >= 4 is 33.8 Å². The van der Waals surface area contributed by atoms with Gasteiger partial charge in [0.2, 0.25) is 0 Å². The molecule has 0 bridgehead atoms. The van der Waals surface area contributed by atoms with Gasteiger partial charge in [-0.15, -0.1) is 11.3 Å². The van der Waals surface area contributed by atoms with Gasteiger partial charge in [-0.05, 0) is 6.92 Å². The SMILES string of the molecule is CCOC(=O)c1c(N2CCNCC2)sc(C(C)=O)c1N. The van der Waals surface area contributed by atoms with Crippen molar-refractivity contribution in [3.63, 3.8) is 0 Å². The Morgan fingerprint density at radius 3 is 2.60 bits per heavy atom. The number of nitrogen functional groups attached to an aromatic ring is 1. The molecular formula is C13H19N3O3S. The van der Waals surface area contributed by atoms with Crippen molar-refractivity contribution in [3.8, 4) is 0 Å². The maximum Gasteiger partial charge on any atom is 0.343 e. The lowest BCUT2D eigenvalue weighted by atomic mass is 10.2. The smallest absolute Gasteiger partial charge is 0.343 e. The number of anilines is 2. The highest BCUT2D eigenvalue weighted by molar-refractivity contribution is 7.19. The first-order chi connectivity index (χ1) is 9.56. The Labute approximate surface area is 121 Å². The first-order valence-corrected chi connectivity index (χ1v) is 7.43. The summed E-state index contributed by atoms with van der Waals surface area (Å²) in [6.07, 6.45) is 0. The molecule has 1 fully saturated rings. The van der Waals surface area contributed by atoms with Crippen LogP contribution in [-0.4, -0.2) is 44.5 Å². The maximum absolute atomic E-state index is 12.1. The highest BCUT2D eigenvalue weighted by atomic mass is 32.1. The van der Waals surface area contributed by atoms with Crippen LogP contribution in [0.5, 0.6) is 0 Å². The van der Waals surface area contributed by atoms with Crippen LogP contribution in [0.3, 0.4) is 0 Å². The van der Waals surface area contributed by atoms with E-state index in [4.69, 9.17) is 10.5 Å². The van der Waals surface area contributed by atoms with Crippen molar-refractivity contribution < 1.29 is 14.3 Å². The third kappa shape index (κ3) is 2.78. The van der Waals surface area contributed by atoms with Crippen molar-refractivity contribution in [2.45, 2.75) is 13.8 Å². The summed E-state index contributed by atoms with van der Waals surface area (Å²) in [6, 6.07) is 0. The lowest BCUT2D eigenvalue weighted by Crippen LogP contribution is -2.43. The number of nitrogens with zero attached hydrogens (tertiary/aromatic N) is 1. The molecule has 0 radical (unpaired) electrons. The monoisotopic (exact) mass is 297 g/mol. The molecule has 0 aliphatic carbocycles. The molecule has 0 atom stereocenters. The standard InChI is InChI=1S/C13H19N3O3S/c1-3-19-13(18)9-10(14)11(8(2)17)20-12(9)16-6-4-15-5-7-16/h15H,3-7,14H2,1-2H3. The van der Waals surface area contributed by atoms with Gasteiger partial charge < -0.3 is 20.7 Å². The van der Waals surface area contributed by atoms with Crippen molar-refractivity contribution in [1.82, 2.24) is 5.32 Å². The number of hydrogen-bond acceptors (Lipinski definition) is 7. The van der Waals surface area contributed by atoms with Crippen molar-refractivity contribution in [1.29, 1.82) is 0 Å². The van der Waals surface area contributed by atoms with Crippen LogP contribution in [0.15, 0.2) is 0 Å². The van der Waals surface area contributed by atoms with E-state index < -0.39 is 5.97 Å².